The Labute approximate surface area is 169 Å². The summed E-state index contributed by atoms with van der Waals surface area (Å²) < 4.78 is 13.5. The van der Waals surface area contributed by atoms with Crippen molar-refractivity contribution in [1.82, 2.24) is 15.3 Å². The maximum absolute atomic E-state index is 13.5. The van der Waals surface area contributed by atoms with Gasteiger partial charge in [-0.05, 0) is 36.6 Å². The Bertz CT molecular complexity index is 971. The average Bonchev–Trinajstić information content (AvgIpc) is 2.78. The highest BCUT2D eigenvalue weighted by Gasteiger charge is 2.25. The zero-order valence-corrected chi connectivity index (χ0v) is 16.1. The molecular weight excluding hydrogens is 367 g/mol. The third-order valence-electron chi connectivity index (χ3n) is 5.22. The second-order valence-corrected chi connectivity index (χ2v) is 7.21. The fraction of sp³-hybridized carbons (Fsp3) is 0.261. The van der Waals surface area contributed by atoms with E-state index in [4.69, 9.17) is 0 Å². The predicted octanol–water partition coefficient (Wildman–Crippen LogP) is 3.82. The van der Waals surface area contributed by atoms with Gasteiger partial charge >= 0.3 is 0 Å². The molecule has 4 rings (SSSR count). The fourth-order valence-corrected chi connectivity index (χ4v) is 3.59. The molecule has 2 aromatic carbocycles. The van der Waals surface area contributed by atoms with E-state index in [-0.39, 0.29) is 17.6 Å². The first-order valence-electron chi connectivity index (χ1n) is 9.84. The molecule has 6 heteroatoms. The van der Waals surface area contributed by atoms with Crippen LogP contribution in [0.5, 0.6) is 0 Å². The fourth-order valence-electron chi connectivity index (χ4n) is 3.59. The van der Waals surface area contributed by atoms with Crippen LogP contribution in [0.2, 0.25) is 0 Å². The Hall–Kier alpha value is -3.28. The summed E-state index contributed by atoms with van der Waals surface area (Å²) in [4.78, 5) is 23.5. The van der Waals surface area contributed by atoms with Gasteiger partial charge in [-0.15, -0.1) is 0 Å². The molecule has 1 N–H and O–H groups in total. The van der Waals surface area contributed by atoms with Crippen molar-refractivity contribution >= 4 is 11.7 Å². The summed E-state index contributed by atoms with van der Waals surface area (Å²) in [7, 11) is 0. The van der Waals surface area contributed by atoms with E-state index in [0.717, 1.165) is 37.3 Å². The van der Waals surface area contributed by atoms with E-state index in [0.29, 0.717) is 17.9 Å². The van der Waals surface area contributed by atoms with Gasteiger partial charge in [0.1, 0.15) is 11.6 Å². The summed E-state index contributed by atoms with van der Waals surface area (Å²) in [6.45, 7) is 2.06. The van der Waals surface area contributed by atoms with Crippen LogP contribution >= 0.6 is 0 Å². The second-order valence-electron chi connectivity index (χ2n) is 7.21. The number of hydrogen-bond donors (Lipinski definition) is 1. The molecule has 1 amide bonds. The van der Waals surface area contributed by atoms with E-state index in [2.05, 4.69) is 20.2 Å². The van der Waals surface area contributed by atoms with E-state index >= 15 is 0 Å². The van der Waals surface area contributed by atoms with Crippen LogP contribution in [0.25, 0.3) is 11.4 Å². The van der Waals surface area contributed by atoms with Gasteiger partial charge in [-0.3, -0.25) is 4.79 Å². The summed E-state index contributed by atoms with van der Waals surface area (Å²) in [6.07, 6.45) is 3.25. The number of anilines is 1. The Morgan fingerprint density at radius 2 is 1.86 bits per heavy atom. The number of hydrogen-bond acceptors (Lipinski definition) is 4. The van der Waals surface area contributed by atoms with Gasteiger partial charge in [-0.25, -0.2) is 14.4 Å². The lowest BCUT2D eigenvalue weighted by molar-refractivity contribution is -0.125. The van der Waals surface area contributed by atoms with Crippen molar-refractivity contribution in [3.8, 4) is 11.4 Å². The van der Waals surface area contributed by atoms with Gasteiger partial charge in [0.2, 0.25) is 5.91 Å². The van der Waals surface area contributed by atoms with Crippen LogP contribution in [0.15, 0.2) is 66.9 Å². The summed E-state index contributed by atoms with van der Waals surface area (Å²) in [6, 6.07) is 18.1. The van der Waals surface area contributed by atoms with Gasteiger partial charge in [-0.1, -0.05) is 42.5 Å². The van der Waals surface area contributed by atoms with E-state index < -0.39 is 0 Å². The molecule has 1 aromatic heterocycles. The molecule has 2 heterocycles. The van der Waals surface area contributed by atoms with Gasteiger partial charge in [0, 0.05) is 37.3 Å². The van der Waals surface area contributed by atoms with Gasteiger partial charge in [0.25, 0.3) is 0 Å². The number of benzene rings is 2. The monoisotopic (exact) mass is 390 g/mol. The molecule has 5 nitrogen and oxygen atoms in total. The van der Waals surface area contributed by atoms with Crippen LogP contribution in [0.4, 0.5) is 10.2 Å². The first kappa shape index (κ1) is 19.1. The van der Waals surface area contributed by atoms with Crippen LogP contribution in [0, 0.1) is 11.7 Å². The first-order valence-corrected chi connectivity index (χ1v) is 9.84. The van der Waals surface area contributed by atoms with Crippen LogP contribution in [0.3, 0.4) is 0 Å². The lowest BCUT2D eigenvalue weighted by Gasteiger charge is -2.32. The first-order chi connectivity index (χ1) is 14.2. The maximum atomic E-state index is 13.5. The Balaban J connectivity index is 1.35. The van der Waals surface area contributed by atoms with Gasteiger partial charge in [0.05, 0.1) is 0 Å². The molecule has 148 valence electrons. The molecule has 1 fully saturated rings. The molecule has 29 heavy (non-hydrogen) atoms. The second kappa shape index (κ2) is 8.82. The van der Waals surface area contributed by atoms with Gasteiger partial charge in [-0.2, -0.15) is 0 Å². The number of halogens is 1. The van der Waals surface area contributed by atoms with Crippen molar-refractivity contribution in [3.05, 3.63) is 78.2 Å². The molecule has 0 aliphatic carbocycles. The largest absolute Gasteiger partial charge is 0.356 e. The number of nitrogens with zero attached hydrogens (tertiary/aromatic N) is 3. The standard InChI is InChI=1S/C23H23FN4O/c24-20-8-4-7-19(15-20)22-25-12-9-21(27-22)28-13-10-18(11-14-28)23(29)26-16-17-5-2-1-3-6-17/h1-9,12,15,18H,10-11,13-14,16H2,(H,26,29). The third kappa shape index (κ3) is 4.77. The molecule has 0 atom stereocenters. The Morgan fingerprint density at radius 1 is 1.07 bits per heavy atom. The van der Waals surface area contributed by atoms with Crippen LogP contribution in [0.1, 0.15) is 18.4 Å². The number of amides is 1. The van der Waals surface area contributed by atoms with Gasteiger partial charge in [0.15, 0.2) is 5.82 Å². The SMILES string of the molecule is O=C(NCc1ccccc1)C1CCN(c2ccnc(-c3cccc(F)c3)n2)CC1. The molecular formula is C23H23FN4O. The molecule has 0 saturated carbocycles. The maximum Gasteiger partial charge on any atom is 0.223 e. The summed E-state index contributed by atoms with van der Waals surface area (Å²) >= 11 is 0. The lowest BCUT2D eigenvalue weighted by Crippen LogP contribution is -2.40. The van der Waals surface area contributed by atoms with E-state index in [9.17, 15) is 9.18 Å². The van der Waals surface area contributed by atoms with Crippen LogP contribution in [-0.2, 0) is 11.3 Å². The minimum atomic E-state index is -0.307. The number of piperidine rings is 1. The summed E-state index contributed by atoms with van der Waals surface area (Å²) in [5, 5.41) is 3.04. The molecule has 1 aliphatic rings. The molecule has 0 unspecified atom stereocenters. The molecule has 1 aliphatic heterocycles. The van der Waals surface area contributed by atoms with E-state index in [1.54, 1.807) is 18.3 Å². The van der Waals surface area contributed by atoms with Gasteiger partial charge < -0.3 is 10.2 Å². The van der Waals surface area contributed by atoms with Crippen molar-refractivity contribution in [1.29, 1.82) is 0 Å². The Morgan fingerprint density at radius 3 is 2.62 bits per heavy atom. The number of carbonyl (C=O) groups is 1. The number of carbonyl (C=O) groups excluding carboxylic acids is 1. The number of rotatable bonds is 5. The van der Waals surface area contributed by atoms with E-state index in [1.165, 1.54) is 12.1 Å². The van der Waals surface area contributed by atoms with Crippen LogP contribution < -0.4 is 10.2 Å². The van der Waals surface area contributed by atoms with Crippen LogP contribution in [-0.4, -0.2) is 29.0 Å². The predicted molar refractivity (Wildman–Crippen MR) is 111 cm³/mol. The van der Waals surface area contributed by atoms with Crippen molar-refractivity contribution in [2.45, 2.75) is 19.4 Å². The molecule has 0 bridgehead atoms. The highest BCUT2D eigenvalue weighted by Crippen LogP contribution is 2.24. The minimum Gasteiger partial charge on any atom is -0.356 e. The number of nitrogens with one attached hydrogen (secondary N) is 1. The smallest absolute Gasteiger partial charge is 0.223 e. The number of aromatic nitrogens is 2. The highest BCUT2D eigenvalue weighted by molar-refractivity contribution is 5.79. The lowest BCUT2D eigenvalue weighted by atomic mass is 9.96. The van der Waals surface area contributed by atoms with Crippen molar-refractivity contribution < 1.29 is 9.18 Å². The zero-order valence-electron chi connectivity index (χ0n) is 16.1. The third-order valence-corrected chi connectivity index (χ3v) is 5.22. The van der Waals surface area contributed by atoms with Crippen molar-refractivity contribution in [2.24, 2.45) is 5.92 Å². The quantitative estimate of drug-likeness (QED) is 0.720. The van der Waals surface area contributed by atoms with Crippen molar-refractivity contribution in [2.75, 3.05) is 18.0 Å². The van der Waals surface area contributed by atoms with Crippen molar-refractivity contribution in [3.63, 3.8) is 0 Å². The molecule has 0 spiro atoms. The average molecular weight is 390 g/mol. The molecule has 3 aromatic rings. The van der Waals surface area contributed by atoms with E-state index in [1.807, 2.05) is 36.4 Å². The normalized spacial score (nSPS) is 14.6. The molecule has 0 radical (unpaired) electrons. The zero-order chi connectivity index (χ0) is 20.1. The molecule has 1 saturated heterocycles. The topological polar surface area (TPSA) is 58.1 Å². The minimum absolute atomic E-state index is 0.0134. The summed E-state index contributed by atoms with van der Waals surface area (Å²) in [5.41, 5.74) is 1.76. The highest BCUT2D eigenvalue weighted by atomic mass is 19.1. The Kier molecular flexibility index (Phi) is 5.79. The summed E-state index contributed by atoms with van der Waals surface area (Å²) in [5.74, 6) is 1.13.